The molecule has 0 saturated heterocycles. The van der Waals surface area contributed by atoms with Crippen LogP contribution in [0.4, 0.5) is 15.3 Å². The molecule has 0 unspecified atom stereocenters. The van der Waals surface area contributed by atoms with Crippen LogP contribution in [0.25, 0.3) is 0 Å². The molecule has 8 heteroatoms. The molecule has 0 N–H and O–H groups in total. The van der Waals surface area contributed by atoms with Gasteiger partial charge in [0, 0.05) is 24.2 Å². The normalized spacial score (nSPS) is 16.7. The summed E-state index contributed by atoms with van der Waals surface area (Å²) in [6, 6.07) is 12.7. The van der Waals surface area contributed by atoms with Gasteiger partial charge in [0.1, 0.15) is 6.61 Å². The third kappa shape index (κ3) is 5.88. The fourth-order valence-corrected chi connectivity index (χ4v) is 4.27. The van der Waals surface area contributed by atoms with Crippen LogP contribution in [0, 0.1) is 0 Å². The standard InChI is InChI=1S/C27H34N2O6/c1-7-34-26(30)28(16-20-11-9-8-10-12-20)22-13-19(4)29(27(31)35-17-18(2)3)23-15-25(33-6)24(32-5)14-21(22)23/h8-12,14-15,19,22H,2,7,13,16-17H2,1,3-6H3/t19-,22+/m0/s1. The van der Waals surface area contributed by atoms with Crippen LogP contribution in [0.3, 0.4) is 0 Å². The summed E-state index contributed by atoms with van der Waals surface area (Å²) in [5.41, 5.74) is 3.06. The van der Waals surface area contributed by atoms with Crippen molar-refractivity contribution in [3.63, 3.8) is 0 Å². The average molecular weight is 483 g/mol. The summed E-state index contributed by atoms with van der Waals surface area (Å²) in [5, 5.41) is 0. The van der Waals surface area contributed by atoms with E-state index in [2.05, 4.69) is 6.58 Å². The molecule has 1 aliphatic heterocycles. The number of amides is 2. The predicted octanol–water partition coefficient (Wildman–Crippen LogP) is 5.71. The Bertz CT molecular complexity index is 1060. The second-order valence-corrected chi connectivity index (χ2v) is 8.56. The number of anilines is 1. The average Bonchev–Trinajstić information content (AvgIpc) is 2.85. The van der Waals surface area contributed by atoms with E-state index in [0.29, 0.717) is 30.2 Å². The van der Waals surface area contributed by atoms with Crippen LogP contribution >= 0.6 is 0 Å². The van der Waals surface area contributed by atoms with Gasteiger partial charge in [-0.05, 0) is 44.4 Å². The van der Waals surface area contributed by atoms with Gasteiger partial charge in [0.15, 0.2) is 11.5 Å². The van der Waals surface area contributed by atoms with E-state index in [1.807, 2.05) is 43.3 Å². The maximum Gasteiger partial charge on any atom is 0.414 e. The van der Waals surface area contributed by atoms with Crippen molar-refractivity contribution in [2.75, 3.05) is 32.3 Å². The van der Waals surface area contributed by atoms with Crippen LogP contribution in [-0.4, -0.2) is 50.6 Å². The number of rotatable bonds is 8. The first-order chi connectivity index (χ1) is 16.8. The molecule has 0 spiro atoms. The Labute approximate surface area is 207 Å². The quantitative estimate of drug-likeness (QED) is 0.448. The Hall–Kier alpha value is -3.68. The first kappa shape index (κ1) is 25.9. The largest absolute Gasteiger partial charge is 0.493 e. The van der Waals surface area contributed by atoms with Crippen molar-refractivity contribution in [3.8, 4) is 11.5 Å². The first-order valence-electron chi connectivity index (χ1n) is 11.6. The zero-order valence-corrected chi connectivity index (χ0v) is 21.1. The summed E-state index contributed by atoms with van der Waals surface area (Å²) >= 11 is 0. The number of benzene rings is 2. The number of methoxy groups -OCH3 is 2. The minimum atomic E-state index is -0.488. The minimum absolute atomic E-state index is 0.122. The zero-order valence-electron chi connectivity index (χ0n) is 21.1. The molecule has 0 saturated carbocycles. The molecule has 8 nitrogen and oxygen atoms in total. The van der Waals surface area contributed by atoms with Crippen molar-refractivity contribution in [1.82, 2.24) is 4.90 Å². The zero-order chi connectivity index (χ0) is 25.5. The molecule has 0 fully saturated rings. The van der Waals surface area contributed by atoms with E-state index in [1.165, 1.54) is 7.11 Å². The van der Waals surface area contributed by atoms with Gasteiger partial charge in [-0.25, -0.2) is 9.59 Å². The Morgan fingerprint density at radius 1 is 1.09 bits per heavy atom. The van der Waals surface area contributed by atoms with Gasteiger partial charge >= 0.3 is 12.2 Å². The molecule has 0 radical (unpaired) electrons. The third-order valence-electron chi connectivity index (χ3n) is 5.87. The Kier molecular flexibility index (Phi) is 8.63. The first-order valence-corrected chi connectivity index (χ1v) is 11.6. The monoisotopic (exact) mass is 482 g/mol. The van der Waals surface area contributed by atoms with Crippen LogP contribution < -0.4 is 14.4 Å². The van der Waals surface area contributed by atoms with Crippen molar-refractivity contribution >= 4 is 17.9 Å². The number of hydrogen-bond acceptors (Lipinski definition) is 6. The third-order valence-corrected chi connectivity index (χ3v) is 5.87. The lowest BCUT2D eigenvalue weighted by atomic mass is 9.90. The number of ether oxygens (including phenoxy) is 4. The number of fused-ring (bicyclic) bond motifs is 1. The smallest absolute Gasteiger partial charge is 0.414 e. The van der Waals surface area contributed by atoms with E-state index in [-0.39, 0.29) is 25.3 Å². The predicted molar refractivity (Wildman–Crippen MR) is 134 cm³/mol. The molecule has 0 aromatic heterocycles. The van der Waals surface area contributed by atoms with Gasteiger partial charge in [-0.3, -0.25) is 9.80 Å². The molecule has 188 valence electrons. The van der Waals surface area contributed by atoms with Gasteiger partial charge in [-0.2, -0.15) is 0 Å². The van der Waals surface area contributed by atoms with E-state index in [1.54, 1.807) is 36.8 Å². The van der Waals surface area contributed by atoms with E-state index in [9.17, 15) is 9.59 Å². The molecular formula is C27H34N2O6. The molecule has 0 bridgehead atoms. The molecule has 2 atom stereocenters. The van der Waals surface area contributed by atoms with Crippen molar-refractivity contribution in [1.29, 1.82) is 0 Å². The molecule has 35 heavy (non-hydrogen) atoms. The lowest BCUT2D eigenvalue weighted by Crippen LogP contribution is -2.47. The summed E-state index contributed by atoms with van der Waals surface area (Å²) in [5.74, 6) is 0.979. The molecular weight excluding hydrogens is 448 g/mol. The van der Waals surface area contributed by atoms with Gasteiger partial charge in [-0.15, -0.1) is 0 Å². The molecule has 2 aromatic rings. The summed E-state index contributed by atoms with van der Waals surface area (Å²) in [6.45, 7) is 10.0. The van der Waals surface area contributed by atoms with Crippen molar-refractivity contribution in [2.45, 2.75) is 45.8 Å². The van der Waals surface area contributed by atoms with Crippen LogP contribution in [0.15, 0.2) is 54.6 Å². The van der Waals surface area contributed by atoms with Crippen LogP contribution in [-0.2, 0) is 16.0 Å². The Morgan fingerprint density at radius 2 is 1.74 bits per heavy atom. The highest BCUT2D eigenvalue weighted by Crippen LogP contribution is 2.46. The molecule has 2 amide bonds. The van der Waals surface area contributed by atoms with Crippen molar-refractivity contribution in [2.24, 2.45) is 0 Å². The minimum Gasteiger partial charge on any atom is -0.493 e. The maximum absolute atomic E-state index is 13.2. The van der Waals surface area contributed by atoms with Gasteiger partial charge in [0.25, 0.3) is 0 Å². The summed E-state index contributed by atoms with van der Waals surface area (Å²) in [4.78, 5) is 29.6. The lowest BCUT2D eigenvalue weighted by molar-refractivity contribution is 0.0809. The highest BCUT2D eigenvalue weighted by atomic mass is 16.6. The second-order valence-electron chi connectivity index (χ2n) is 8.56. The second kappa shape index (κ2) is 11.6. The highest BCUT2D eigenvalue weighted by Gasteiger charge is 2.40. The SMILES string of the molecule is C=C(C)COC(=O)N1c2cc(OC)c(OC)cc2[C@H](N(Cc2ccccc2)C(=O)OCC)C[C@@H]1C. The fourth-order valence-electron chi connectivity index (χ4n) is 4.27. The fraction of sp³-hybridized carbons (Fsp3) is 0.407. The number of hydrogen-bond donors (Lipinski definition) is 0. The van der Waals surface area contributed by atoms with E-state index in [0.717, 1.165) is 16.7 Å². The van der Waals surface area contributed by atoms with Crippen LogP contribution in [0.2, 0.25) is 0 Å². The van der Waals surface area contributed by atoms with Gasteiger partial charge < -0.3 is 18.9 Å². The van der Waals surface area contributed by atoms with Gasteiger partial charge in [-0.1, -0.05) is 36.9 Å². The van der Waals surface area contributed by atoms with E-state index >= 15 is 0 Å². The summed E-state index contributed by atoms with van der Waals surface area (Å²) < 4.78 is 22.0. The summed E-state index contributed by atoms with van der Waals surface area (Å²) in [7, 11) is 3.09. The van der Waals surface area contributed by atoms with Crippen molar-refractivity contribution < 1.29 is 28.5 Å². The molecule has 2 aromatic carbocycles. The number of carbonyl (C=O) groups is 2. The Balaban J connectivity index is 2.11. The Morgan fingerprint density at radius 3 is 2.34 bits per heavy atom. The molecule has 1 aliphatic rings. The van der Waals surface area contributed by atoms with Crippen molar-refractivity contribution in [3.05, 3.63) is 65.7 Å². The van der Waals surface area contributed by atoms with Gasteiger partial charge in [0.2, 0.25) is 0 Å². The topological polar surface area (TPSA) is 77.5 Å². The highest BCUT2D eigenvalue weighted by molar-refractivity contribution is 5.91. The lowest BCUT2D eigenvalue weighted by Gasteiger charge is -2.42. The van der Waals surface area contributed by atoms with Crippen LogP contribution in [0.1, 0.15) is 44.4 Å². The molecule has 1 heterocycles. The summed E-state index contributed by atoms with van der Waals surface area (Å²) in [6.07, 6.45) is -0.429. The maximum atomic E-state index is 13.2. The molecule has 3 rings (SSSR count). The van der Waals surface area contributed by atoms with Gasteiger partial charge in [0.05, 0.1) is 32.6 Å². The molecule has 0 aliphatic carbocycles. The van der Waals surface area contributed by atoms with Crippen LogP contribution in [0.5, 0.6) is 11.5 Å². The van der Waals surface area contributed by atoms with E-state index < -0.39 is 12.2 Å². The van der Waals surface area contributed by atoms with E-state index in [4.69, 9.17) is 18.9 Å². The number of carbonyl (C=O) groups excluding carboxylic acids is 2. The number of nitrogens with zero attached hydrogens (tertiary/aromatic N) is 2.